The average molecular weight is 186 g/mol. The molecule has 0 aromatic rings. The Hall–Kier alpha value is -1.10. The van der Waals surface area contributed by atoms with E-state index in [2.05, 4.69) is 5.43 Å². The van der Waals surface area contributed by atoms with Crippen LogP contribution in [0, 0.1) is 0 Å². The molecule has 74 valence electrons. The van der Waals surface area contributed by atoms with Crippen LogP contribution in [0.2, 0.25) is 0 Å². The Labute approximate surface area is 76.7 Å². The SMILES string of the molecule is CCC1CC(=O)N(CCC(=O)O)N1. The molecule has 1 unspecified atom stereocenters. The first-order valence-electron chi connectivity index (χ1n) is 4.41. The largest absolute Gasteiger partial charge is 0.481 e. The van der Waals surface area contributed by atoms with E-state index in [0.29, 0.717) is 6.42 Å². The molecule has 1 saturated heterocycles. The number of carbonyl (C=O) groups excluding carboxylic acids is 1. The molecule has 0 saturated carbocycles. The average Bonchev–Trinajstić information content (AvgIpc) is 2.43. The van der Waals surface area contributed by atoms with Crippen LogP contribution < -0.4 is 5.43 Å². The van der Waals surface area contributed by atoms with Crippen molar-refractivity contribution < 1.29 is 14.7 Å². The third-order valence-corrected chi connectivity index (χ3v) is 2.10. The van der Waals surface area contributed by atoms with Crippen LogP contribution in [0.25, 0.3) is 0 Å². The Bertz CT molecular complexity index is 217. The number of hydrogen-bond donors (Lipinski definition) is 2. The highest BCUT2D eigenvalue weighted by molar-refractivity contribution is 5.79. The van der Waals surface area contributed by atoms with Crippen molar-refractivity contribution in [3.63, 3.8) is 0 Å². The molecule has 0 aromatic carbocycles. The predicted octanol–water partition coefficient (Wildman–Crippen LogP) is -0.0234. The summed E-state index contributed by atoms with van der Waals surface area (Å²) in [5, 5.41) is 9.82. The molecule has 0 bridgehead atoms. The summed E-state index contributed by atoms with van der Waals surface area (Å²) < 4.78 is 0. The molecule has 1 rings (SSSR count). The van der Waals surface area contributed by atoms with E-state index in [1.165, 1.54) is 5.01 Å². The summed E-state index contributed by atoms with van der Waals surface area (Å²) in [7, 11) is 0. The van der Waals surface area contributed by atoms with Gasteiger partial charge in [-0.1, -0.05) is 6.92 Å². The molecule has 5 nitrogen and oxygen atoms in total. The summed E-state index contributed by atoms with van der Waals surface area (Å²) in [5.41, 5.74) is 2.97. The van der Waals surface area contributed by atoms with E-state index in [1.54, 1.807) is 0 Å². The van der Waals surface area contributed by atoms with Crippen molar-refractivity contribution in [1.29, 1.82) is 0 Å². The monoisotopic (exact) mass is 186 g/mol. The fourth-order valence-electron chi connectivity index (χ4n) is 1.29. The maximum Gasteiger partial charge on any atom is 0.305 e. The van der Waals surface area contributed by atoms with Crippen molar-refractivity contribution in [2.75, 3.05) is 6.54 Å². The Morgan fingerprint density at radius 2 is 2.46 bits per heavy atom. The van der Waals surface area contributed by atoms with Crippen molar-refractivity contribution in [3.05, 3.63) is 0 Å². The zero-order valence-electron chi connectivity index (χ0n) is 7.62. The van der Waals surface area contributed by atoms with E-state index in [-0.39, 0.29) is 24.9 Å². The van der Waals surface area contributed by atoms with Gasteiger partial charge in [0.2, 0.25) is 5.91 Å². The molecule has 1 fully saturated rings. The predicted molar refractivity (Wildman–Crippen MR) is 45.8 cm³/mol. The van der Waals surface area contributed by atoms with Gasteiger partial charge in [-0.3, -0.25) is 14.6 Å². The van der Waals surface area contributed by atoms with Crippen LogP contribution in [0.1, 0.15) is 26.2 Å². The van der Waals surface area contributed by atoms with E-state index < -0.39 is 5.97 Å². The molecular weight excluding hydrogens is 172 g/mol. The summed E-state index contributed by atoms with van der Waals surface area (Å²) in [6, 6.07) is 0.182. The molecule has 1 amide bonds. The number of carboxylic acids is 1. The smallest absolute Gasteiger partial charge is 0.305 e. The molecule has 13 heavy (non-hydrogen) atoms. The van der Waals surface area contributed by atoms with Gasteiger partial charge in [-0.25, -0.2) is 5.43 Å². The molecule has 5 heteroatoms. The lowest BCUT2D eigenvalue weighted by Crippen LogP contribution is -2.38. The highest BCUT2D eigenvalue weighted by Crippen LogP contribution is 2.10. The molecule has 1 aliphatic heterocycles. The van der Waals surface area contributed by atoms with Crippen LogP contribution in [-0.2, 0) is 9.59 Å². The lowest BCUT2D eigenvalue weighted by atomic mass is 10.2. The lowest BCUT2D eigenvalue weighted by Gasteiger charge is -2.15. The molecule has 0 aromatic heterocycles. The highest BCUT2D eigenvalue weighted by Gasteiger charge is 2.27. The number of nitrogens with one attached hydrogen (secondary N) is 1. The molecule has 0 aliphatic carbocycles. The number of aliphatic carboxylic acids is 1. The minimum Gasteiger partial charge on any atom is -0.481 e. The van der Waals surface area contributed by atoms with Gasteiger partial charge in [0.05, 0.1) is 6.42 Å². The maximum atomic E-state index is 11.2. The second-order valence-electron chi connectivity index (χ2n) is 3.13. The Morgan fingerprint density at radius 3 is 2.92 bits per heavy atom. The first-order valence-corrected chi connectivity index (χ1v) is 4.41. The van der Waals surface area contributed by atoms with E-state index in [4.69, 9.17) is 5.11 Å². The molecule has 1 heterocycles. The Balaban J connectivity index is 2.35. The maximum absolute atomic E-state index is 11.2. The summed E-state index contributed by atoms with van der Waals surface area (Å²) in [6.45, 7) is 2.25. The summed E-state index contributed by atoms with van der Waals surface area (Å²) in [5.74, 6) is -0.886. The quantitative estimate of drug-likeness (QED) is 0.647. The minimum atomic E-state index is -0.880. The fraction of sp³-hybridized carbons (Fsp3) is 0.750. The molecule has 1 aliphatic rings. The van der Waals surface area contributed by atoms with E-state index in [1.807, 2.05) is 6.92 Å². The van der Waals surface area contributed by atoms with Crippen molar-refractivity contribution in [2.45, 2.75) is 32.2 Å². The van der Waals surface area contributed by atoms with E-state index in [0.717, 1.165) is 6.42 Å². The van der Waals surface area contributed by atoms with Gasteiger partial charge in [0, 0.05) is 19.0 Å². The second-order valence-corrected chi connectivity index (χ2v) is 3.13. The minimum absolute atomic E-state index is 0.00479. The number of amides is 1. The number of rotatable bonds is 4. The number of nitrogens with zero attached hydrogens (tertiary/aromatic N) is 1. The summed E-state index contributed by atoms with van der Waals surface area (Å²) in [4.78, 5) is 21.5. The molecular formula is C8H14N2O3. The van der Waals surface area contributed by atoms with Gasteiger partial charge in [0.15, 0.2) is 0 Å². The highest BCUT2D eigenvalue weighted by atomic mass is 16.4. The normalized spacial score (nSPS) is 22.4. The molecule has 2 N–H and O–H groups in total. The lowest BCUT2D eigenvalue weighted by molar-refractivity contribution is -0.138. The Kier molecular flexibility index (Phi) is 3.25. The Morgan fingerprint density at radius 1 is 1.77 bits per heavy atom. The van der Waals surface area contributed by atoms with Crippen LogP contribution in [0.5, 0.6) is 0 Å². The van der Waals surface area contributed by atoms with Crippen molar-refractivity contribution >= 4 is 11.9 Å². The topological polar surface area (TPSA) is 69.6 Å². The summed E-state index contributed by atoms with van der Waals surface area (Å²) in [6.07, 6.45) is 1.36. The zero-order valence-corrected chi connectivity index (χ0v) is 7.62. The van der Waals surface area contributed by atoms with E-state index >= 15 is 0 Å². The fourth-order valence-corrected chi connectivity index (χ4v) is 1.29. The molecule has 0 radical (unpaired) electrons. The van der Waals surface area contributed by atoms with Crippen LogP contribution in [0.15, 0.2) is 0 Å². The van der Waals surface area contributed by atoms with Gasteiger partial charge < -0.3 is 5.11 Å². The van der Waals surface area contributed by atoms with Crippen LogP contribution >= 0.6 is 0 Å². The molecule has 0 spiro atoms. The zero-order chi connectivity index (χ0) is 9.84. The van der Waals surface area contributed by atoms with Crippen molar-refractivity contribution in [3.8, 4) is 0 Å². The van der Waals surface area contributed by atoms with E-state index in [9.17, 15) is 9.59 Å². The van der Waals surface area contributed by atoms with Crippen LogP contribution in [0.3, 0.4) is 0 Å². The van der Waals surface area contributed by atoms with Gasteiger partial charge >= 0.3 is 5.97 Å². The first kappa shape index (κ1) is 9.98. The second kappa shape index (κ2) is 4.23. The summed E-state index contributed by atoms with van der Waals surface area (Å²) >= 11 is 0. The van der Waals surface area contributed by atoms with Crippen molar-refractivity contribution in [2.24, 2.45) is 0 Å². The molecule has 1 atom stereocenters. The van der Waals surface area contributed by atoms with Gasteiger partial charge in [-0.15, -0.1) is 0 Å². The van der Waals surface area contributed by atoms with Gasteiger partial charge in [0.25, 0.3) is 0 Å². The number of hydrazine groups is 1. The first-order chi connectivity index (χ1) is 6.13. The van der Waals surface area contributed by atoms with Gasteiger partial charge in [-0.05, 0) is 6.42 Å². The van der Waals surface area contributed by atoms with Crippen molar-refractivity contribution in [1.82, 2.24) is 10.4 Å². The van der Waals surface area contributed by atoms with Gasteiger partial charge in [-0.2, -0.15) is 0 Å². The third kappa shape index (κ3) is 2.69. The standard InChI is InChI=1S/C8H14N2O3/c1-2-6-5-7(11)10(9-6)4-3-8(12)13/h6,9H,2-5H2,1H3,(H,12,13). The third-order valence-electron chi connectivity index (χ3n) is 2.10. The van der Waals surface area contributed by atoms with Gasteiger partial charge in [0.1, 0.15) is 0 Å². The number of hydrogen-bond acceptors (Lipinski definition) is 3. The number of carboxylic acid groups (broad SMARTS) is 1. The number of carbonyl (C=O) groups is 2. The van der Waals surface area contributed by atoms with Crippen LogP contribution in [0.4, 0.5) is 0 Å². The van der Waals surface area contributed by atoms with Crippen LogP contribution in [-0.4, -0.2) is 34.6 Å².